The molecule has 2 aromatic carbocycles. The topological polar surface area (TPSA) is 84.9 Å². The molecular formula is C20H20N2O5. The summed E-state index contributed by atoms with van der Waals surface area (Å²) in [5.74, 6) is -0.256. The van der Waals surface area contributed by atoms with Crippen LogP contribution in [0.5, 0.6) is 5.75 Å². The SMILES string of the molecule is Cc1cccc(NC(=O)COCC(=O)c2ccc3c(c2)N(C)C(=O)CO3)c1. The number of ether oxygens (including phenoxy) is 2. The number of Topliss-reactive ketones (excluding diaryl/α,β-unsaturated/α-hetero) is 1. The number of hydrogen-bond donors (Lipinski definition) is 1. The number of nitrogens with one attached hydrogen (secondary N) is 1. The summed E-state index contributed by atoms with van der Waals surface area (Å²) in [6.07, 6.45) is 0. The predicted octanol–water partition coefficient (Wildman–Crippen LogP) is 2.19. The average molecular weight is 368 g/mol. The molecule has 1 N–H and O–H groups in total. The first-order chi connectivity index (χ1) is 12.9. The normalized spacial score (nSPS) is 13.0. The molecule has 0 aromatic heterocycles. The number of nitrogens with zero attached hydrogens (tertiary/aromatic N) is 1. The first-order valence-corrected chi connectivity index (χ1v) is 8.45. The van der Waals surface area contributed by atoms with Gasteiger partial charge in [0.25, 0.3) is 5.91 Å². The Bertz CT molecular complexity index is 894. The van der Waals surface area contributed by atoms with Crippen LogP contribution in [0.3, 0.4) is 0 Å². The van der Waals surface area contributed by atoms with Crippen molar-refractivity contribution in [2.24, 2.45) is 0 Å². The van der Waals surface area contributed by atoms with Gasteiger partial charge in [-0.2, -0.15) is 0 Å². The second-order valence-electron chi connectivity index (χ2n) is 6.26. The minimum absolute atomic E-state index is 0.0179. The Hall–Kier alpha value is -3.19. The van der Waals surface area contributed by atoms with Crippen LogP contribution in [0.2, 0.25) is 0 Å². The van der Waals surface area contributed by atoms with Crippen LogP contribution >= 0.6 is 0 Å². The third-order valence-electron chi connectivity index (χ3n) is 4.14. The second kappa shape index (κ2) is 8.01. The number of benzene rings is 2. The molecular weight excluding hydrogens is 348 g/mol. The third-order valence-corrected chi connectivity index (χ3v) is 4.14. The highest BCUT2D eigenvalue weighted by Gasteiger charge is 2.23. The molecule has 0 saturated heterocycles. The molecule has 0 radical (unpaired) electrons. The van der Waals surface area contributed by atoms with Gasteiger partial charge in [0.15, 0.2) is 12.4 Å². The molecule has 7 heteroatoms. The summed E-state index contributed by atoms with van der Waals surface area (Å²) in [6.45, 7) is 1.44. The van der Waals surface area contributed by atoms with Crippen LogP contribution in [0.1, 0.15) is 15.9 Å². The van der Waals surface area contributed by atoms with Crippen LogP contribution in [-0.4, -0.2) is 44.5 Å². The molecule has 0 aliphatic carbocycles. The Morgan fingerprint density at radius 1 is 1.19 bits per heavy atom. The molecule has 2 amide bonds. The Morgan fingerprint density at radius 3 is 2.78 bits per heavy atom. The van der Waals surface area contributed by atoms with Crippen molar-refractivity contribution in [3.8, 4) is 5.75 Å². The van der Waals surface area contributed by atoms with E-state index < -0.39 is 0 Å². The number of carbonyl (C=O) groups excluding carboxylic acids is 3. The van der Waals surface area contributed by atoms with E-state index in [-0.39, 0.29) is 37.4 Å². The molecule has 2 aromatic rings. The molecule has 7 nitrogen and oxygen atoms in total. The smallest absolute Gasteiger partial charge is 0.264 e. The van der Waals surface area contributed by atoms with Gasteiger partial charge >= 0.3 is 0 Å². The second-order valence-corrected chi connectivity index (χ2v) is 6.26. The molecule has 1 heterocycles. The van der Waals surface area contributed by atoms with Gasteiger partial charge in [-0.1, -0.05) is 12.1 Å². The van der Waals surface area contributed by atoms with E-state index in [1.165, 1.54) is 4.90 Å². The van der Waals surface area contributed by atoms with E-state index in [2.05, 4.69) is 5.32 Å². The van der Waals surface area contributed by atoms with Crippen LogP contribution < -0.4 is 15.0 Å². The van der Waals surface area contributed by atoms with Crippen LogP contribution in [0.15, 0.2) is 42.5 Å². The van der Waals surface area contributed by atoms with Gasteiger partial charge in [-0.05, 0) is 42.8 Å². The van der Waals surface area contributed by atoms with Crippen molar-refractivity contribution < 1.29 is 23.9 Å². The molecule has 1 aliphatic rings. The summed E-state index contributed by atoms with van der Waals surface area (Å²) in [5.41, 5.74) is 2.63. The first-order valence-electron chi connectivity index (χ1n) is 8.45. The van der Waals surface area contributed by atoms with Gasteiger partial charge in [0.1, 0.15) is 19.0 Å². The molecule has 0 fully saturated rings. The van der Waals surface area contributed by atoms with Gasteiger partial charge in [-0.3, -0.25) is 14.4 Å². The number of carbonyl (C=O) groups is 3. The van der Waals surface area contributed by atoms with Crippen molar-refractivity contribution in [1.82, 2.24) is 0 Å². The fourth-order valence-electron chi connectivity index (χ4n) is 2.69. The van der Waals surface area contributed by atoms with Crippen LogP contribution in [0.4, 0.5) is 11.4 Å². The fraction of sp³-hybridized carbons (Fsp3) is 0.250. The quantitative estimate of drug-likeness (QED) is 0.790. The minimum atomic E-state index is -0.336. The number of ketones is 1. The molecule has 0 bridgehead atoms. The van der Waals surface area contributed by atoms with E-state index in [0.717, 1.165) is 5.56 Å². The maximum absolute atomic E-state index is 12.3. The monoisotopic (exact) mass is 368 g/mol. The van der Waals surface area contributed by atoms with Gasteiger partial charge in [0, 0.05) is 18.3 Å². The van der Waals surface area contributed by atoms with Gasteiger partial charge in [-0.15, -0.1) is 0 Å². The van der Waals surface area contributed by atoms with Gasteiger partial charge < -0.3 is 19.7 Å². The van der Waals surface area contributed by atoms with Crippen molar-refractivity contribution in [2.75, 3.05) is 37.1 Å². The van der Waals surface area contributed by atoms with Gasteiger partial charge in [0.05, 0.1) is 5.69 Å². The van der Waals surface area contributed by atoms with Crippen molar-refractivity contribution >= 4 is 29.0 Å². The Labute approximate surface area is 156 Å². The van der Waals surface area contributed by atoms with Crippen molar-refractivity contribution in [3.63, 3.8) is 0 Å². The summed E-state index contributed by atoms with van der Waals surface area (Å²) < 4.78 is 10.6. The summed E-state index contributed by atoms with van der Waals surface area (Å²) in [7, 11) is 1.63. The maximum Gasteiger partial charge on any atom is 0.264 e. The third kappa shape index (κ3) is 4.51. The standard InChI is InChI=1S/C20H20N2O5/c1-13-4-3-5-15(8-13)21-19(24)11-26-10-17(23)14-6-7-18-16(9-14)22(2)20(25)12-27-18/h3-9H,10-12H2,1-2H3,(H,21,24). The Kier molecular flexibility index (Phi) is 5.52. The largest absolute Gasteiger partial charge is 0.482 e. The number of hydrogen-bond acceptors (Lipinski definition) is 5. The number of amides is 2. The zero-order valence-corrected chi connectivity index (χ0v) is 15.2. The van der Waals surface area contributed by atoms with E-state index in [4.69, 9.17) is 9.47 Å². The van der Waals surface area contributed by atoms with E-state index in [0.29, 0.717) is 22.7 Å². The van der Waals surface area contributed by atoms with E-state index in [1.54, 1.807) is 31.3 Å². The molecule has 3 rings (SSSR count). The van der Waals surface area contributed by atoms with Crippen molar-refractivity contribution in [1.29, 1.82) is 0 Å². The maximum atomic E-state index is 12.3. The molecule has 140 valence electrons. The number of anilines is 2. The van der Waals surface area contributed by atoms with E-state index in [9.17, 15) is 14.4 Å². The Balaban J connectivity index is 1.54. The predicted molar refractivity (Wildman–Crippen MR) is 100 cm³/mol. The first kappa shape index (κ1) is 18.6. The lowest BCUT2D eigenvalue weighted by atomic mass is 10.1. The fourth-order valence-corrected chi connectivity index (χ4v) is 2.69. The number of likely N-dealkylation sites (N-methyl/N-ethyl adjacent to an activating group) is 1. The lowest BCUT2D eigenvalue weighted by Crippen LogP contribution is -2.35. The van der Waals surface area contributed by atoms with Crippen LogP contribution in [0, 0.1) is 6.92 Å². The molecule has 0 unspecified atom stereocenters. The summed E-state index contributed by atoms with van der Waals surface area (Å²) in [5, 5.41) is 2.71. The zero-order valence-electron chi connectivity index (χ0n) is 15.2. The highest BCUT2D eigenvalue weighted by atomic mass is 16.5. The molecule has 0 spiro atoms. The lowest BCUT2D eigenvalue weighted by Gasteiger charge is -2.26. The van der Waals surface area contributed by atoms with E-state index >= 15 is 0 Å². The zero-order chi connectivity index (χ0) is 19.4. The van der Waals surface area contributed by atoms with Crippen molar-refractivity contribution in [3.05, 3.63) is 53.6 Å². The average Bonchev–Trinajstić information content (AvgIpc) is 2.64. The number of fused-ring (bicyclic) bond motifs is 1. The minimum Gasteiger partial charge on any atom is -0.482 e. The molecule has 0 saturated carbocycles. The van der Waals surface area contributed by atoms with Crippen LogP contribution in [-0.2, 0) is 14.3 Å². The number of aryl methyl sites for hydroxylation is 1. The highest BCUT2D eigenvalue weighted by molar-refractivity contribution is 6.02. The highest BCUT2D eigenvalue weighted by Crippen LogP contribution is 2.32. The Morgan fingerprint density at radius 2 is 2.00 bits per heavy atom. The molecule has 1 aliphatic heterocycles. The van der Waals surface area contributed by atoms with E-state index in [1.807, 2.05) is 25.1 Å². The molecule has 27 heavy (non-hydrogen) atoms. The summed E-state index contributed by atoms with van der Waals surface area (Å²) in [4.78, 5) is 37.4. The van der Waals surface area contributed by atoms with Crippen LogP contribution in [0.25, 0.3) is 0 Å². The van der Waals surface area contributed by atoms with Gasteiger partial charge in [0.2, 0.25) is 5.91 Å². The van der Waals surface area contributed by atoms with Gasteiger partial charge in [-0.25, -0.2) is 0 Å². The summed E-state index contributed by atoms with van der Waals surface area (Å²) in [6, 6.07) is 12.2. The summed E-state index contributed by atoms with van der Waals surface area (Å²) >= 11 is 0. The number of rotatable bonds is 6. The van der Waals surface area contributed by atoms with Crippen molar-refractivity contribution in [2.45, 2.75) is 6.92 Å². The lowest BCUT2D eigenvalue weighted by molar-refractivity contribution is -0.121. The molecule has 0 atom stereocenters.